The highest BCUT2D eigenvalue weighted by Crippen LogP contribution is 2.12. The van der Waals surface area contributed by atoms with Crippen molar-refractivity contribution in [3.05, 3.63) is 0 Å². The van der Waals surface area contributed by atoms with Crippen molar-refractivity contribution in [1.82, 2.24) is 4.31 Å². The third-order valence-electron chi connectivity index (χ3n) is 0.608. The molecule has 3 heteroatoms. The number of hydrogen-bond donors (Lipinski definition) is 0. The molecule has 0 aliphatic heterocycles. The van der Waals surface area contributed by atoms with Gasteiger partial charge in [-0.05, 0) is 14.1 Å². The summed E-state index contributed by atoms with van der Waals surface area (Å²) < 4.78 is 2.06. The van der Waals surface area contributed by atoms with Crippen LogP contribution in [-0.2, 0) is 0 Å². The lowest BCUT2D eigenvalue weighted by atomic mass is 10.6. The van der Waals surface area contributed by atoms with Gasteiger partial charge in [-0.2, -0.15) is 0 Å². The van der Waals surface area contributed by atoms with Crippen LogP contribution >= 0.6 is 23.5 Å². The van der Waals surface area contributed by atoms with Gasteiger partial charge in [0.1, 0.15) is 0 Å². The van der Waals surface area contributed by atoms with Gasteiger partial charge in [0.25, 0.3) is 0 Å². The number of alkyl halides is 1. The van der Waals surface area contributed by atoms with Crippen molar-refractivity contribution in [3.8, 4) is 0 Å². The van der Waals surface area contributed by atoms with E-state index in [0.717, 1.165) is 5.88 Å². The molecule has 0 aromatic carbocycles. The lowest BCUT2D eigenvalue weighted by Crippen LogP contribution is -2.08. The van der Waals surface area contributed by atoms with Crippen LogP contribution in [0.3, 0.4) is 0 Å². The molecule has 0 aliphatic rings. The molecule has 1 nitrogen and oxygen atoms in total. The summed E-state index contributed by atoms with van der Waals surface area (Å²) in [5.41, 5.74) is 0. The summed E-state index contributed by atoms with van der Waals surface area (Å²) in [7, 11) is 4.04. The highest BCUT2D eigenvalue weighted by molar-refractivity contribution is 7.97. The van der Waals surface area contributed by atoms with Crippen LogP contribution in [0.5, 0.6) is 0 Å². The van der Waals surface area contributed by atoms with E-state index in [1.807, 2.05) is 14.1 Å². The Bertz CT molecular complexity index is 58.4. The number of hydrogen-bond acceptors (Lipinski definition) is 2. The summed E-state index contributed by atoms with van der Waals surface area (Å²) in [4.78, 5) is 0. The van der Waals surface area contributed by atoms with E-state index < -0.39 is 0 Å². The van der Waals surface area contributed by atoms with Crippen molar-refractivity contribution in [3.63, 3.8) is 0 Å². The van der Waals surface area contributed by atoms with Gasteiger partial charge in [-0.25, -0.2) is 0 Å². The molecule has 0 fully saturated rings. The van der Waals surface area contributed by atoms with E-state index in [2.05, 4.69) is 11.2 Å². The largest absolute Gasteiger partial charge is 0.257 e. The molecule has 0 rings (SSSR count). The Morgan fingerprint density at radius 1 is 1.62 bits per heavy atom. The molecule has 0 radical (unpaired) electrons. The molecule has 0 aromatic heterocycles. The number of nitrogens with zero attached hydrogens (tertiary/aromatic N) is 1. The highest BCUT2D eigenvalue weighted by atomic mass is 35.5. The predicted octanol–water partition coefficient (Wildman–Crippen LogP) is 1.82. The molecule has 1 unspecified atom stereocenters. The van der Waals surface area contributed by atoms with Crippen LogP contribution < -0.4 is 0 Å². The Morgan fingerprint density at radius 3 is 2.25 bits per heavy atom. The fourth-order valence-electron chi connectivity index (χ4n) is 0.388. The van der Waals surface area contributed by atoms with E-state index in [1.165, 1.54) is 0 Å². The first kappa shape index (κ1) is 8.60. The van der Waals surface area contributed by atoms with E-state index in [4.69, 9.17) is 11.6 Å². The maximum Gasteiger partial charge on any atom is 0.0352 e. The summed E-state index contributed by atoms with van der Waals surface area (Å²) in [6, 6.07) is 0. The van der Waals surface area contributed by atoms with Gasteiger partial charge in [-0.3, -0.25) is 4.31 Å². The van der Waals surface area contributed by atoms with Crippen molar-refractivity contribution in [1.29, 1.82) is 0 Å². The van der Waals surface area contributed by atoms with Crippen LogP contribution in [0.2, 0.25) is 0 Å². The van der Waals surface area contributed by atoms with Gasteiger partial charge in [0.2, 0.25) is 0 Å². The SMILES string of the molecule is CC(CCl)SN(C)C. The smallest absolute Gasteiger partial charge is 0.0352 e. The minimum absolute atomic E-state index is 0.534. The van der Waals surface area contributed by atoms with Gasteiger partial charge in [-0.1, -0.05) is 18.9 Å². The molecule has 0 N–H and O–H groups in total. The predicted molar refractivity (Wildman–Crippen MR) is 41.5 cm³/mol. The zero-order valence-corrected chi connectivity index (χ0v) is 7.09. The first-order valence-electron chi connectivity index (χ1n) is 2.57. The molecule has 0 aliphatic carbocycles. The van der Waals surface area contributed by atoms with Crippen molar-refractivity contribution in [2.24, 2.45) is 0 Å². The third-order valence-corrected chi connectivity index (χ3v) is 2.20. The molecule has 0 heterocycles. The zero-order valence-electron chi connectivity index (χ0n) is 5.52. The molecule has 8 heavy (non-hydrogen) atoms. The lowest BCUT2D eigenvalue weighted by molar-refractivity contribution is 0.696. The van der Waals surface area contributed by atoms with Gasteiger partial charge in [0.15, 0.2) is 0 Å². The van der Waals surface area contributed by atoms with Crippen molar-refractivity contribution in [2.45, 2.75) is 12.2 Å². The third kappa shape index (κ3) is 4.75. The first-order chi connectivity index (χ1) is 3.66. The Hall–Kier alpha value is 0.600. The molecule has 50 valence electrons. The van der Waals surface area contributed by atoms with Crippen LogP contribution in [0.15, 0.2) is 0 Å². The van der Waals surface area contributed by atoms with E-state index in [-0.39, 0.29) is 0 Å². The number of halogens is 1. The molecule has 0 aromatic rings. The van der Waals surface area contributed by atoms with Crippen LogP contribution in [0.1, 0.15) is 6.92 Å². The second-order valence-electron chi connectivity index (χ2n) is 1.88. The minimum Gasteiger partial charge on any atom is -0.257 e. The van der Waals surface area contributed by atoms with E-state index in [0.29, 0.717) is 5.25 Å². The van der Waals surface area contributed by atoms with Gasteiger partial charge in [0.05, 0.1) is 0 Å². The van der Waals surface area contributed by atoms with E-state index >= 15 is 0 Å². The summed E-state index contributed by atoms with van der Waals surface area (Å²) in [5.74, 6) is 0.725. The summed E-state index contributed by atoms with van der Waals surface area (Å²) in [6.07, 6.45) is 0. The molecular formula is C5H12ClNS. The fourth-order valence-corrected chi connectivity index (χ4v) is 1.33. The maximum absolute atomic E-state index is 5.55. The maximum atomic E-state index is 5.55. The van der Waals surface area contributed by atoms with Crippen LogP contribution in [-0.4, -0.2) is 29.5 Å². The average Bonchev–Trinajstić information content (AvgIpc) is 1.65. The van der Waals surface area contributed by atoms with Crippen molar-refractivity contribution in [2.75, 3.05) is 20.0 Å². The molecule has 0 saturated carbocycles. The summed E-state index contributed by atoms with van der Waals surface area (Å²) in [6.45, 7) is 2.11. The number of rotatable bonds is 3. The Morgan fingerprint density at radius 2 is 2.12 bits per heavy atom. The summed E-state index contributed by atoms with van der Waals surface area (Å²) in [5, 5.41) is 0.534. The monoisotopic (exact) mass is 153 g/mol. The standard InChI is InChI=1S/C5H12ClNS/c1-5(4-6)8-7(2)3/h5H,4H2,1-3H3. The van der Waals surface area contributed by atoms with Gasteiger partial charge in [-0.15, -0.1) is 11.6 Å². The molecule has 1 atom stereocenters. The Labute approximate surface area is 60.5 Å². The topological polar surface area (TPSA) is 3.24 Å². The van der Waals surface area contributed by atoms with E-state index in [9.17, 15) is 0 Å². The summed E-state index contributed by atoms with van der Waals surface area (Å²) >= 11 is 7.30. The fraction of sp³-hybridized carbons (Fsp3) is 1.00. The normalized spacial score (nSPS) is 14.6. The second-order valence-corrected chi connectivity index (χ2v) is 3.94. The molecule has 0 amide bonds. The Balaban J connectivity index is 3.10. The molecular weight excluding hydrogens is 142 g/mol. The van der Waals surface area contributed by atoms with Crippen molar-refractivity contribution < 1.29 is 0 Å². The molecule has 0 saturated heterocycles. The van der Waals surface area contributed by atoms with Crippen LogP contribution in [0.4, 0.5) is 0 Å². The van der Waals surface area contributed by atoms with Gasteiger partial charge < -0.3 is 0 Å². The zero-order chi connectivity index (χ0) is 6.57. The van der Waals surface area contributed by atoms with Crippen LogP contribution in [0.25, 0.3) is 0 Å². The molecule has 0 bridgehead atoms. The second kappa shape index (κ2) is 4.48. The average molecular weight is 154 g/mol. The van der Waals surface area contributed by atoms with E-state index in [1.54, 1.807) is 11.9 Å². The highest BCUT2D eigenvalue weighted by Gasteiger charge is 1.99. The van der Waals surface area contributed by atoms with Gasteiger partial charge >= 0.3 is 0 Å². The Kier molecular flexibility index (Phi) is 4.81. The lowest BCUT2D eigenvalue weighted by Gasteiger charge is -2.12. The van der Waals surface area contributed by atoms with Crippen molar-refractivity contribution >= 4 is 23.5 Å². The first-order valence-corrected chi connectivity index (χ1v) is 3.94. The van der Waals surface area contributed by atoms with Crippen LogP contribution in [0, 0.1) is 0 Å². The minimum atomic E-state index is 0.534. The quantitative estimate of drug-likeness (QED) is 0.450. The molecule has 0 spiro atoms. The van der Waals surface area contributed by atoms with Gasteiger partial charge in [0, 0.05) is 11.1 Å².